The van der Waals surface area contributed by atoms with E-state index >= 15 is 0 Å². The van der Waals surface area contributed by atoms with Crippen LogP contribution in [0.4, 0.5) is 0 Å². The molecule has 0 amide bonds. The molecule has 0 saturated carbocycles. The van der Waals surface area contributed by atoms with E-state index in [1.54, 1.807) is 17.7 Å². The van der Waals surface area contributed by atoms with Crippen LogP contribution in [0.2, 0.25) is 0 Å². The van der Waals surface area contributed by atoms with Crippen LogP contribution in [-0.2, 0) is 11.3 Å². The first-order chi connectivity index (χ1) is 11.2. The number of benzene rings is 1. The van der Waals surface area contributed by atoms with Crippen LogP contribution in [-0.4, -0.2) is 24.4 Å². The maximum Gasteiger partial charge on any atom is 0.269 e. The van der Waals surface area contributed by atoms with Crippen molar-refractivity contribution in [3.8, 4) is 23.1 Å². The molecule has 1 fully saturated rings. The fraction of sp³-hybridized carbons (Fsp3) is 0.333. The van der Waals surface area contributed by atoms with Gasteiger partial charge in [0.15, 0.2) is 0 Å². The Labute approximate surface area is 134 Å². The summed E-state index contributed by atoms with van der Waals surface area (Å²) >= 11 is 0. The summed E-state index contributed by atoms with van der Waals surface area (Å²) in [6, 6.07) is 12.9. The van der Waals surface area contributed by atoms with E-state index < -0.39 is 0 Å². The van der Waals surface area contributed by atoms with Gasteiger partial charge in [0, 0.05) is 6.61 Å². The van der Waals surface area contributed by atoms with Crippen LogP contribution in [0.5, 0.6) is 5.75 Å². The summed E-state index contributed by atoms with van der Waals surface area (Å²) in [6.45, 7) is 1.20. The molecule has 1 saturated heterocycles. The van der Waals surface area contributed by atoms with Gasteiger partial charge >= 0.3 is 0 Å². The minimum Gasteiger partial charge on any atom is -0.497 e. The second-order valence-corrected chi connectivity index (χ2v) is 5.52. The van der Waals surface area contributed by atoms with Crippen LogP contribution in [0.15, 0.2) is 41.2 Å². The Morgan fingerprint density at radius 3 is 2.70 bits per heavy atom. The number of nitriles is 1. The molecular formula is C18H18N2O3. The molecule has 1 atom stereocenters. The molecule has 1 aliphatic heterocycles. The number of hydrogen-bond acceptors (Lipinski definition) is 4. The van der Waals surface area contributed by atoms with E-state index in [-0.39, 0.29) is 17.2 Å². The summed E-state index contributed by atoms with van der Waals surface area (Å²) in [4.78, 5) is 12.6. The topological polar surface area (TPSA) is 64.2 Å². The Bertz CT molecular complexity index is 781. The van der Waals surface area contributed by atoms with Crippen molar-refractivity contribution in [3.63, 3.8) is 0 Å². The van der Waals surface area contributed by atoms with Gasteiger partial charge in [-0.25, -0.2) is 0 Å². The van der Waals surface area contributed by atoms with Gasteiger partial charge in [-0.05, 0) is 54.8 Å². The Kier molecular flexibility index (Phi) is 4.45. The first kappa shape index (κ1) is 15.3. The number of hydrogen-bond donors (Lipinski definition) is 0. The predicted molar refractivity (Wildman–Crippen MR) is 86.4 cm³/mol. The molecule has 0 bridgehead atoms. The molecule has 118 valence electrons. The molecule has 1 aromatic heterocycles. The Morgan fingerprint density at radius 1 is 1.30 bits per heavy atom. The molecule has 23 heavy (non-hydrogen) atoms. The molecule has 1 unspecified atom stereocenters. The average molecular weight is 310 g/mol. The summed E-state index contributed by atoms with van der Waals surface area (Å²) in [5.41, 5.74) is 1.58. The van der Waals surface area contributed by atoms with E-state index in [0.717, 1.165) is 36.5 Å². The van der Waals surface area contributed by atoms with Gasteiger partial charge in [-0.1, -0.05) is 0 Å². The SMILES string of the molecule is COc1ccc(-c2ccc(C#N)c(=O)n2CC2CCCO2)cc1. The van der Waals surface area contributed by atoms with Crippen molar-refractivity contribution >= 4 is 0 Å². The van der Waals surface area contributed by atoms with Crippen LogP contribution in [0.25, 0.3) is 11.3 Å². The molecule has 3 rings (SSSR count). The van der Waals surface area contributed by atoms with Gasteiger partial charge in [0.25, 0.3) is 5.56 Å². The van der Waals surface area contributed by atoms with Crippen LogP contribution in [0.1, 0.15) is 18.4 Å². The normalized spacial score (nSPS) is 17.0. The van der Waals surface area contributed by atoms with Gasteiger partial charge < -0.3 is 14.0 Å². The van der Waals surface area contributed by atoms with Crippen molar-refractivity contribution in [2.75, 3.05) is 13.7 Å². The minimum absolute atomic E-state index is 0.0265. The summed E-state index contributed by atoms with van der Waals surface area (Å²) in [6.07, 6.45) is 1.97. The lowest BCUT2D eigenvalue weighted by molar-refractivity contribution is 0.0965. The second-order valence-electron chi connectivity index (χ2n) is 5.52. The van der Waals surface area contributed by atoms with Crippen molar-refractivity contribution in [2.24, 2.45) is 0 Å². The van der Waals surface area contributed by atoms with Gasteiger partial charge in [0.2, 0.25) is 0 Å². The molecule has 2 heterocycles. The fourth-order valence-corrected chi connectivity index (χ4v) is 2.85. The van der Waals surface area contributed by atoms with Gasteiger partial charge in [-0.2, -0.15) is 5.26 Å². The molecule has 0 N–H and O–H groups in total. The lowest BCUT2D eigenvalue weighted by Gasteiger charge is -2.17. The molecular weight excluding hydrogens is 292 g/mol. The Hall–Kier alpha value is -2.58. The second kappa shape index (κ2) is 6.67. The standard InChI is InChI=1S/C18H18N2O3/c1-22-15-7-4-13(5-8-15)17-9-6-14(11-19)18(21)20(17)12-16-3-2-10-23-16/h4-9,16H,2-3,10,12H2,1H3. The number of methoxy groups -OCH3 is 1. The average Bonchev–Trinajstić information content (AvgIpc) is 3.10. The molecule has 5 heteroatoms. The highest BCUT2D eigenvalue weighted by molar-refractivity contribution is 5.61. The molecule has 0 aliphatic carbocycles. The summed E-state index contributed by atoms with van der Waals surface area (Å²) in [5, 5.41) is 9.12. The first-order valence-corrected chi connectivity index (χ1v) is 7.63. The summed E-state index contributed by atoms with van der Waals surface area (Å²) < 4.78 is 12.5. The number of pyridine rings is 1. The molecule has 2 aromatic rings. The third kappa shape index (κ3) is 3.13. The van der Waals surface area contributed by atoms with Crippen molar-refractivity contribution in [1.29, 1.82) is 5.26 Å². The van der Waals surface area contributed by atoms with Crippen LogP contribution < -0.4 is 10.3 Å². The van der Waals surface area contributed by atoms with E-state index in [9.17, 15) is 4.79 Å². The lowest BCUT2D eigenvalue weighted by atomic mass is 10.1. The first-order valence-electron chi connectivity index (χ1n) is 7.63. The van der Waals surface area contributed by atoms with Gasteiger partial charge in [0.1, 0.15) is 17.4 Å². The Balaban J connectivity index is 2.05. The maximum atomic E-state index is 12.6. The highest BCUT2D eigenvalue weighted by Crippen LogP contribution is 2.23. The van der Waals surface area contributed by atoms with Crippen LogP contribution in [0.3, 0.4) is 0 Å². The van der Waals surface area contributed by atoms with Crippen molar-refractivity contribution in [1.82, 2.24) is 4.57 Å². The minimum atomic E-state index is -0.267. The molecule has 0 spiro atoms. The predicted octanol–water partition coefficient (Wildman–Crippen LogP) is 2.57. The summed E-state index contributed by atoms with van der Waals surface area (Å²) in [7, 11) is 1.62. The zero-order valence-corrected chi connectivity index (χ0v) is 13.0. The molecule has 0 radical (unpaired) electrons. The van der Waals surface area contributed by atoms with E-state index in [1.165, 1.54) is 0 Å². The Morgan fingerprint density at radius 2 is 2.09 bits per heavy atom. The third-order valence-corrected chi connectivity index (χ3v) is 4.09. The maximum absolute atomic E-state index is 12.6. The van der Waals surface area contributed by atoms with E-state index in [2.05, 4.69) is 0 Å². The van der Waals surface area contributed by atoms with E-state index in [1.807, 2.05) is 36.4 Å². The van der Waals surface area contributed by atoms with Crippen molar-refractivity contribution in [2.45, 2.75) is 25.5 Å². The van der Waals surface area contributed by atoms with Gasteiger partial charge in [-0.15, -0.1) is 0 Å². The quantitative estimate of drug-likeness (QED) is 0.870. The number of ether oxygens (including phenoxy) is 2. The van der Waals surface area contributed by atoms with E-state index in [4.69, 9.17) is 14.7 Å². The highest BCUT2D eigenvalue weighted by atomic mass is 16.5. The lowest BCUT2D eigenvalue weighted by Crippen LogP contribution is -2.29. The number of nitrogens with zero attached hydrogens (tertiary/aromatic N) is 2. The highest BCUT2D eigenvalue weighted by Gasteiger charge is 2.19. The van der Waals surface area contributed by atoms with E-state index in [0.29, 0.717) is 6.54 Å². The zero-order chi connectivity index (χ0) is 16.2. The van der Waals surface area contributed by atoms with Crippen molar-refractivity contribution in [3.05, 3.63) is 52.3 Å². The van der Waals surface area contributed by atoms with Gasteiger partial charge in [0.05, 0.1) is 25.5 Å². The fourth-order valence-electron chi connectivity index (χ4n) is 2.85. The molecule has 1 aromatic carbocycles. The smallest absolute Gasteiger partial charge is 0.269 e. The van der Waals surface area contributed by atoms with Crippen LogP contribution >= 0.6 is 0 Å². The molecule has 5 nitrogen and oxygen atoms in total. The largest absolute Gasteiger partial charge is 0.497 e. The van der Waals surface area contributed by atoms with Crippen LogP contribution in [0, 0.1) is 11.3 Å². The van der Waals surface area contributed by atoms with Crippen molar-refractivity contribution < 1.29 is 9.47 Å². The third-order valence-electron chi connectivity index (χ3n) is 4.09. The monoisotopic (exact) mass is 310 g/mol. The zero-order valence-electron chi connectivity index (χ0n) is 13.0. The number of rotatable bonds is 4. The molecule has 1 aliphatic rings. The number of aromatic nitrogens is 1. The van der Waals surface area contributed by atoms with Gasteiger partial charge in [-0.3, -0.25) is 4.79 Å². The summed E-state index contributed by atoms with van der Waals surface area (Å²) in [5.74, 6) is 0.760.